The van der Waals surface area contributed by atoms with E-state index in [9.17, 15) is 0 Å². The number of hydrogen-bond donors (Lipinski definition) is 3. The summed E-state index contributed by atoms with van der Waals surface area (Å²) in [4.78, 5) is 0. The average Bonchev–Trinajstić information content (AvgIpc) is 2.38. The Hall–Kier alpha value is -0.210. The summed E-state index contributed by atoms with van der Waals surface area (Å²) < 4.78 is 36.9. The van der Waals surface area contributed by atoms with Crippen molar-refractivity contribution in [1.82, 2.24) is 0 Å². The van der Waals surface area contributed by atoms with Crippen LogP contribution in [0.25, 0.3) is 0 Å². The second kappa shape index (κ2) is 17.8. The first-order valence-electron chi connectivity index (χ1n) is 7.80. The van der Waals surface area contributed by atoms with Gasteiger partial charge in [0, 0.05) is 19.8 Å². The first-order valence-corrected chi connectivity index (χ1v) is 9.20. The van der Waals surface area contributed by atoms with Crippen LogP contribution in [0.1, 0.15) is 71.1 Å². The molecular weight excluding hydrogens is 296 g/mol. The monoisotopic (exact) mass is 328 g/mol. The Kier molecular flexibility index (Phi) is 19.6. The van der Waals surface area contributed by atoms with Gasteiger partial charge in [-0.2, -0.15) is 8.42 Å². The highest BCUT2D eigenvalue weighted by Gasteiger charge is 1.93. The Balaban J connectivity index is 0. The minimum atomic E-state index is -4.67. The molecule has 0 fully saturated rings. The van der Waals surface area contributed by atoms with Gasteiger partial charge in [-0.3, -0.25) is 9.11 Å². The molecule has 0 aliphatic carbocycles. The van der Waals surface area contributed by atoms with Crippen LogP contribution < -0.4 is 0 Å². The van der Waals surface area contributed by atoms with Crippen LogP contribution in [0.2, 0.25) is 0 Å². The van der Waals surface area contributed by atoms with Crippen molar-refractivity contribution in [2.45, 2.75) is 71.1 Å². The van der Waals surface area contributed by atoms with Gasteiger partial charge in [-0.25, -0.2) is 0 Å². The molecule has 0 saturated carbocycles. The summed E-state index contributed by atoms with van der Waals surface area (Å²) >= 11 is 0. The van der Waals surface area contributed by atoms with Crippen molar-refractivity contribution < 1.29 is 27.4 Å². The lowest BCUT2D eigenvalue weighted by Crippen LogP contribution is -1.92. The number of unbranched alkanes of at least 4 members (excludes halogenated alkanes) is 9. The molecule has 6 nitrogen and oxygen atoms in total. The molecule has 0 aliphatic rings. The quantitative estimate of drug-likeness (QED) is 0.354. The van der Waals surface area contributed by atoms with E-state index in [1.165, 1.54) is 57.8 Å². The SMILES string of the molecule is CCOCCCCCCCCCCCCO.O=S(=O)(O)O. The molecular formula is C14H32O6S. The van der Waals surface area contributed by atoms with Crippen LogP contribution in [-0.2, 0) is 15.1 Å². The van der Waals surface area contributed by atoms with Gasteiger partial charge in [-0.05, 0) is 19.8 Å². The smallest absolute Gasteiger partial charge is 0.394 e. The van der Waals surface area contributed by atoms with Crippen molar-refractivity contribution in [2.24, 2.45) is 0 Å². The number of aliphatic hydroxyl groups is 1. The van der Waals surface area contributed by atoms with Gasteiger partial charge in [-0.15, -0.1) is 0 Å². The maximum absolute atomic E-state index is 8.74. The van der Waals surface area contributed by atoms with Crippen LogP contribution >= 0.6 is 0 Å². The lowest BCUT2D eigenvalue weighted by molar-refractivity contribution is 0.143. The van der Waals surface area contributed by atoms with Gasteiger partial charge < -0.3 is 9.84 Å². The van der Waals surface area contributed by atoms with Crippen LogP contribution in [0.4, 0.5) is 0 Å². The second-order valence-corrected chi connectivity index (χ2v) is 5.80. The van der Waals surface area contributed by atoms with E-state index in [0.717, 1.165) is 19.6 Å². The summed E-state index contributed by atoms with van der Waals surface area (Å²) in [6.07, 6.45) is 12.9. The molecule has 0 bridgehead atoms. The van der Waals surface area contributed by atoms with E-state index < -0.39 is 10.4 Å². The first kappa shape index (κ1) is 23.1. The molecule has 0 rings (SSSR count). The molecule has 3 N–H and O–H groups in total. The van der Waals surface area contributed by atoms with E-state index in [2.05, 4.69) is 6.92 Å². The first-order chi connectivity index (χ1) is 9.91. The minimum absolute atomic E-state index is 0.361. The van der Waals surface area contributed by atoms with Gasteiger partial charge in [0.25, 0.3) is 0 Å². The van der Waals surface area contributed by atoms with E-state index in [1.807, 2.05) is 0 Å². The highest BCUT2D eigenvalue weighted by molar-refractivity contribution is 7.79. The normalized spacial score (nSPS) is 11.0. The van der Waals surface area contributed by atoms with Gasteiger partial charge >= 0.3 is 10.4 Å². The van der Waals surface area contributed by atoms with E-state index in [0.29, 0.717) is 6.61 Å². The van der Waals surface area contributed by atoms with Crippen molar-refractivity contribution in [3.05, 3.63) is 0 Å². The summed E-state index contributed by atoms with van der Waals surface area (Å²) in [5.41, 5.74) is 0. The molecule has 0 radical (unpaired) electrons. The van der Waals surface area contributed by atoms with E-state index >= 15 is 0 Å². The van der Waals surface area contributed by atoms with E-state index in [1.54, 1.807) is 0 Å². The molecule has 0 saturated heterocycles. The predicted molar refractivity (Wildman–Crippen MR) is 83.9 cm³/mol. The van der Waals surface area contributed by atoms with Crippen LogP contribution in [-0.4, -0.2) is 42.5 Å². The third-order valence-corrected chi connectivity index (χ3v) is 2.90. The fraction of sp³-hybridized carbons (Fsp3) is 1.00. The minimum Gasteiger partial charge on any atom is -0.396 e. The van der Waals surface area contributed by atoms with Crippen molar-refractivity contribution in [1.29, 1.82) is 0 Å². The summed E-state index contributed by atoms with van der Waals surface area (Å²) in [7, 11) is -4.67. The Bertz CT molecular complexity index is 257. The lowest BCUT2D eigenvalue weighted by Gasteiger charge is -2.02. The highest BCUT2D eigenvalue weighted by atomic mass is 32.3. The fourth-order valence-electron chi connectivity index (χ4n) is 1.87. The topological polar surface area (TPSA) is 104 Å². The number of ether oxygens (including phenoxy) is 1. The van der Waals surface area contributed by atoms with Crippen LogP contribution in [0.3, 0.4) is 0 Å². The summed E-state index contributed by atoms with van der Waals surface area (Å²) in [5, 5.41) is 8.62. The zero-order chi connectivity index (χ0) is 16.4. The maximum Gasteiger partial charge on any atom is 0.394 e. The summed E-state index contributed by atoms with van der Waals surface area (Å²) in [6.45, 7) is 4.21. The molecule has 0 aromatic carbocycles. The zero-order valence-corrected chi connectivity index (χ0v) is 14.0. The highest BCUT2D eigenvalue weighted by Crippen LogP contribution is 2.10. The van der Waals surface area contributed by atoms with Gasteiger partial charge in [0.1, 0.15) is 0 Å². The maximum atomic E-state index is 8.74. The molecule has 0 aromatic rings. The molecule has 7 heteroatoms. The van der Waals surface area contributed by atoms with Crippen molar-refractivity contribution in [2.75, 3.05) is 19.8 Å². The van der Waals surface area contributed by atoms with E-state index in [-0.39, 0.29) is 0 Å². The molecule has 21 heavy (non-hydrogen) atoms. The van der Waals surface area contributed by atoms with Gasteiger partial charge in [0.15, 0.2) is 0 Å². The molecule has 0 amide bonds. The Morgan fingerprint density at radius 1 is 0.762 bits per heavy atom. The Labute approximate surface area is 129 Å². The van der Waals surface area contributed by atoms with Gasteiger partial charge in [-0.1, -0.05) is 51.4 Å². The average molecular weight is 328 g/mol. The largest absolute Gasteiger partial charge is 0.396 e. The predicted octanol–water partition coefficient (Wildman–Crippen LogP) is 3.26. The molecule has 0 heterocycles. The molecule has 0 aromatic heterocycles. The van der Waals surface area contributed by atoms with Gasteiger partial charge in [0.05, 0.1) is 0 Å². The van der Waals surface area contributed by atoms with Crippen molar-refractivity contribution in [3.8, 4) is 0 Å². The Morgan fingerprint density at radius 2 is 1.10 bits per heavy atom. The van der Waals surface area contributed by atoms with E-state index in [4.69, 9.17) is 27.4 Å². The van der Waals surface area contributed by atoms with Crippen molar-refractivity contribution >= 4 is 10.4 Å². The molecule has 0 unspecified atom stereocenters. The standard InChI is InChI=1S/C14H30O2.H2O4S/c1-2-16-14-12-10-8-6-4-3-5-7-9-11-13-15;1-5(2,3)4/h15H,2-14H2,1H3;(H2,1,2,3,4). The van der Waals surface area contributed by atoms with Gasteiger partial charge in [0.2, 0.25) is 0 Å². The fourth-order valence-corrected chi connectivity index (χ4v) is 1.87. The number of hydrogen-bond acceptors (Lipinski definition) is 4. The molecule has 0 atom stereocenters. The molecule has 0 spiro atoms. The lowest BCUT2D eigenvalue weighted by atomic mass is 10.1. The van der Waals surface area contributed by atoms with Crippen LogP contribution in [0.15, 0.2) is 0 Å². The third-order valence-electron chi connectivity index (χ3n) is 2.90. The Morgan fingerprint density at radius 3 is 1.43 bits per heavy atom. The molecule has 130 valence electrons. The van der Waals surface area contributed by atoms with Crippen LogP contribution in [0, 0.1) is 0 Å². The summed E-state index contributed by atoms with van der Waals surface area (Å²) in [5.74, 6) is 0. The second-order valence-electron chi connectivity index (χ2n) is 4.90. The number of rotatable bonds is 13. The van der Waals surface area contributed by atoms with Crippen molar-refractivity contribution in [3.63, 3.8) is 0 Å². The third kappa shape index (κ3) is 38.3. The van der Waals surface area contributed by atoms with Crippen LogP contribution in [0.5, 0.6) is 0 Å². The number of aliphatic hydroxyl groups excluding tert-OH is 1. The summed E-state index contributed by atoms with van der Waals surface area (Å²) in [6, 6.07) is 0. The zero-order valence-electron chi connectivity index (χ0n) is 13.2. The molecule has 0 aliphatic heterocycles.